The molecule has 30 heavy (non-hydrogen) atoms. The minimum Gasteiger partial charge on any atom is -0.440 e. The van der Waals surface area contributed by atoms with Gasteiger partial charge in [-0.25, -0.2) is 0 Å². The smallest absolute Gasteiger partial charge is 0.200 e. The van der Waals surface area contributed by atoms with E-state index in [0.29, 0.717) is 43.5 Å². The second-order valence-electron chi connectivity index (χ2n) is 6.96. The lowest BCUT2D eigenvalue weighted by Gasteiger charge is -2.27. The zero-order chi connectivity index (χ0) is 20.7. The second kappa shape index (κ2) is 8.23. The first-order valence-corrected chi connectivity index (χ1v) is 11.7. The van der Waals surface area contributed by atoms with E-state index < -0.39 is 0 Å². The number of morpholine rings is 1. The molecule has 0 radical (unpaired) electrons. The zero-order valence-electron chi connectivity index (χ0n) is 15.9. The molecule has 5 rings (SSSR count). The van der Waals surface area contributed by atoms with Crippen LogP contribution in [0.15, 0.2) is 77.3 Å². The fourth-order valence-corrected chi connectivity index (χ4v) is 6.07. The molecule has 0 aliphatic carbocycles. The highest BCUT2D eigenvalue weighted by Gasteiger charge is 2.23. The van der Waals surface area contributed by atoms with Crippen LogP contribution in [-0.2, 0) is 4.74 Å². The number of hydrogen-bond donors (Lipinski definition) is 0. The number of ether oxygens (including phenoxy) is 1. The molecule has 1 saturated heterocycles. The van der Waals surface area contributed by atoms with Crippen LogP contribution in [0.5, 0.6) is 0 Å². The van der Waals surface area contributed by atoms with E-state index in [0.717, 1.165) is 25.1 Å². The molecule has 2 aliphatic heterocycles. The number of hydrogen-bond acceptors (Lipinski definition) is 7. The van der Waals surface area contributed by atoms with E-state index in [1.807, 2.05) is 35.2 Å². The number of carbonyl (C=O) groups is 1. The van der Waals surface area contributed by atoms with Crippen molar-refractivity contribution in [1.82, 2.24) is 0 Å². The molecule has 0 bridgehead atoms. The summed E-state index contributed by atoms with van der Waals surface area (Å²) in [7, 11) is 2.22. The molecule has 152 valence electrons. The molecule has 1 aromatic heterocycles. The van der Waals surface area contributed by atoms with Crippen LogP contribution in [-0.4, -0.2) is 31.8 Å². The summed E-state index contributed by atoms with van der Waals surface area (Å²) in [5.74, 6) is 1.14. The molecule has 3 heterocycles. The van der Waals surface area contributed by atoms with E-state index in [-0.39, 0.29) is 11.0 Å². The van der Waals surface area contributed by atoms with Crippen LogP contribution >= 0.6 is 32.8 Å². The maximum atomic E-state index is 12.4. The molecule has 1 unspecified atom stereocenters. The van der Waals surface area contributed by atoms with Crippen molar-refractivity contribution in [2.75, 3.05) is 31.2 Å². The zero-order valence-corrected chi connectivity index (χ0v) is 18.7. The van der Waals surface area contributed by atoms with Gasteiger partial charge in [-0.1, -0.05) is 44.9 Å². The van der Waals surface area contributed by atoms with E-state index in [4.69, 9.17) is 9.15 Å². The fourth-order valence-electron chi connectivity index (χ4n) is 3.49. The third-order valence-electron chi connectivity index (χ3n) is 4.98. The van der Waals surface area contributed by atoms with Crippen molar-refractivity contribution in [3.8, 4) is 11.3 Å². The summed E-state index contributed by atoms with van der Waals surface area (Å²) in [6, 6.07) is 14.9. The molecule has 8 heteroatoms. The molecular weight excluding hydrogens is 437 g/mol. The number of fused-ring (bicyclic) bond motifs is 2. The van der Waals surface area contributed by atoms with E-state index >= 15 is 0 Å². The van der Waals surface area contributed by atoms with E-state index in [9.17, 15) is 9.59 Å². The lowest BCUT2D eigenvalue weighted by Crippen LogP contribution is -2.36. The Hall–Kier alpha value is -2.05. The highest BCUT2D eigenvalue weighted by molar-refractivity contribution is 8.05. The SMILES string of the molecule is O=C(P)c1ccc2c(c1)Sc1cccc(-c3cc(=O)cc(N4CCOCC4)o3)c1S2. The Morgan fingerprint density at radius 3 is 2.60 bits per heavy atom. The normalized spacial score (nSPS) is 15.4. The third-order valence-corrected chi connectivity index (χ3v) is 7.91. The van der Waals surface area contributed by atoms with Gasteiger partial charge in [0.1, 0.15) is 5.76 Å². The maximum Gasteiger partial charge on any atom is 0.200 e. The molecule has 0 saturated carbocycles. The van der Waals surface area contributed by atoms with Crippen LogP contribution in [0.1, 0.15) is 10.4 Å². The highest BCUT2D eigenvalue weighted by Crippen LogP contribution is 2.52. The Labute approximate surface area is 184 Å². The number of anilines is 1. The topological polar surface area (TPSA) is 59.8 Å². The number of nitrogens with zero attached hydrogens (tertiary/aromatic N) is 1. The lowest BCUT2D eigenvalue weighted by atomic mass is 10.1. The molecule has 2 aromatic carbocycles. The van der Waals surface area contributed by atoms with Crippen molar-refractivity contribution in [2.24, 2.45) is 0 Å². The Kier molecular flexibility index (Phi) is 5.46. The van der Waals surface area contributed by atoms with Crippen molar-refractivity contribution >= 4 is 44.2 Å². The van der Waals surface area contributed by atoms with Gasteiger partial charge >= 0.3 is 0 Å². The molecule has 0 amide bonds. The summed E-state index contributed by atoms with van der Waals surface area (Å²) in [6.45, 7) is 2.65. The van der Waals surface area contributed by atoms with Crippen molar-refractivity contribution < 1.29 is 13.9 Å². The Bertz CT molecular complexity index is 1200. The summed E-state index contributed by atoms with van der Waals surface area (Å²) < 4.78 is 11.6. The highest BCUT2D eigenvalue weighted by atomic mass is 32.2. The standard InChI is InChI=1S/C22H18NO4PS2/c24-14-11-16(27-20(12-14)23-6-8-26-9-7-23)15-2-1-3-18-21(15)30-17-5-4-13(22(25)28)10-19(17)29-18/h1-5,10-12H,6-9,28H2. The largest absolute Gasteiger partial charge is 0.440 e. The monoisotopic (exact) mass is 455 g/mol. The Morgan fingerprint density at radius 2 is 1.80 bits per heavy atom. The number of rotatable bonds is 3. The van der Waals surface area contributed by atoms with Gasteiger partial charge in [-0.15, -0.1) is 0 Å². The van der Waals surface area contributed by atoms with E-state index in [1.54, 1.807) is 35.7 Å². The molecule has 0 spiro atoms. The predicted molar refractivity (Wildman–Crippen MR) is 122 cm³/mol. The first kappa shape index (κ1) is 19.9. The van der Waals surface area contributed by atoms with Crippen LogP contribution in [0.25, 0.3) is 11.3 Å². The molecule has 0 N–H and O–H groups in total. The average Bonchev–Trinajstić information content (AvgIpc) is 2.77. The summed E-state index contributed by atoms with van der Waals surface area (Å²) in [5.41, 5.74) is 1.47. The fraction of sp³-hybridized carbons (Fsp3) is 0.182. The van der Waals surface area contributed by atoms with Crippen molar-refractivity contribution in [1.29, 1.82) is 0 Å². The van der Waals surface area contributed by atoms with Gasteiger partial charge in [0.25, 0.3) is 0 Å². The van der Waals surface area contributed by atoms with E-state index in [1.165, 1.54) is 0 Å². The molecule has 1 atom stereocenters. The van der Waals surface area contributed by atoms with Gasteiger partial charge in [-0.3, -0.25) is 9.59 Å². The van der Waals surface area contributed by atoms with E-state index in [2.05, 4.69) is 15.3 Å². The average molecular weight is 455 g/mol. The van der Waals surface area contributed by atoms with Gasteiger partial charge in [-0.05, 0) is 24.3 Å². The summed E-state index contributed by atoms with van der Waals surface area (Å²) in [4.78, 5) is 30.5. The van der Waals surface area contributed by atoms with Crippen molar-refractivity contribution in [3.05, 3.63) is 64.3 Å². The van der Waals surface area contributed by atoms with Crippen molar-refractivity contribution in [2.45, 2.75) is 19.6 Å². The third kappa shape index (κ3) is 3.83. The number of carbonyl (C=O) groups excluding carboxylic acids is 1. The molecular formula is C22H18NO4PS2. The van der Waals surface area contributed by atoms with Crippen LogP contribution < -0.4 is 10.3 Å². The molecule has 5 nitrogen and oxygen atoms in total. The van der Waals surface area contributed by atoms with Gasteiger partial charge in [0.05, 0.1) is 13.2 Å². The summed E-state index contributed by atoms with van der Waals surface area (Å²) >= 11 is 3.27. The van der Waals surface area contributed by atoms with Gasteiger partial charge < -0.3 is 14.1 Å². The van der Waals surface area contributed by atoms with Crippen LogP contribution in [0, 0.1) is 0 Å². The maximum absolute atomic E-state index is 12.4. The van der Waals surface area contributed by atoms with Crippen LogP contribution in [0.2, 0.25) is 0 Å². The quantitative estimate of drug-likeness (QED) is 0.412. The molecule has 3 aromatic rings. The minimum atomic E-state index is -0.0761. The number of benzene rings is 2. The van der Waals surface area contributed by atoms with Gasteiger partial charge in [0.15, 0.2) is 16.8 Å². The van der Waals surface area contributed by atoms with Crippen molar-refractivity contribution in [3.63, 3.8) is 0 Å². The van der Waals surface area contributed by atoms with Crippen LogP contribution in [0.3, 0.4) is 0 Å². The minimum absolute atomic E-state index is 0.0235. The van der Waals surface area contributed by atoms with Gasteiger partial charge in [0.2, 0.25) is 0 Å². The Morgan fingerprint density at radius 1 is 0.967 bits per heavy atom. The predicted octanol–water partition coefficient (Wildman–Crippen LogP) is 4.77. The molecule has 2 aliphatic rings. The summed E-state index contributed by atoms with van der Waals surface area (Å²) in [6.07, 6.45) is 0. The summed E-state index contributed by atoms with van der Waals surface area (Å²) in [5, 5.41) is 0. The lowest BCUT2D eigenvalue weighted by molar-refractivity contribution is 0.108. The van der Waals surface area contributed by atoms with Gasteiger partial charge in [-0.2, -0.15) is 0 Å². The van der Waals surface area contributed by atoms with Gasteiger partial charge in [0, 0.05) is 55.9 Å². The first-order valence-electron chi connectivity index (χ1n) is 9.49. The first-order chi connectivity index (χ1) is 14.6. The Balaban J connectivity index is 1.55. The molecule has 1 fully saturated rings. The van der Waals surface area contributed by atoms with Crippen LogP contribution in [0.4, 0.5) is 5.88 Å². The second-order valence-corrected chi connectivity index (χ2v) is 9.62.